The van der Waals surface area contributed by atoms with Crippen molar-refractivity contribution in [1.29, 1.82) is 0 Å². The molecule has 0 amide bonds. The number of hydrogen-bond acceptors (Lipinski definition) is 6. The van der Waals surface area contributed by atoms with E-state index in [2.05, 4.69) is 10.3 Å². The highest BCUT2D eigenvalue weighted by Gasteiger charge is 2.15. The maximum atomic E-state index is 10.8. The zero-order chi connectivity index (χ0) is 15.2. The Balaban J connectivity index is 2.23. The predicted octanol–water partition coefficient (Wildman–Crippen LogP) is 2.41. The summed E-state index contributed by atoms with van der Waals surface area (Å²) in [7, 11) is 1.46. The van der Waals surface area contributed by atoms with Gasteiger partial charge in [0.1, 0.15) is 5.75 Å². The molecule has 112 valence electrons. The molecule has 0 aliphatic heterocycles. The lowest BCUT2D eigenvalue weighted by Crippen LogP contribution is -2.16. The number of nitro benzene ring substituents is 1. The van der Waals surface area contributed by atoms with E-state index in [1.165, 1.54) is 19.2 Å². The number of oxazole rings is 1. The van der Waals surface area contributed by atoms with Crippen LogP contribution >= 0.6 is 0 Å². The van der Waals surface area contributed by atoms with Crippen molar-refractivity contribution in [2.24, 2.45) is 0 Å². The molecule has 0 spiro atoms. The Bertz CT molecular complexity index is 624. The van der Waals surface area contributed by atoms with Gasteiger partial charge < -0.3 is 14.5 Å². The van der Waals surface area contributed by atoms with E-state index < -0.39 is 4.92 Å². The minimum absolute atomic E-state index is 0.0255. The van der Waals surface area contributed by atoms with Crippen LogP contribution in [0.1, 0.15) is 12.8 Å². The maximum absolute atomic E-state index is 10.8. The van der Waals surface area contributed by atoms with Crippen molar-refractivity contribution in [2.75, 3.05) is 20.2 Å². The highest BCUT2D eigenvalue weighted by molar-refractivity contribution is 5.67. The van der Waals surface area contributed by atoms with E-state index in [1.54, 1.807) is 12.3 Å². The fraction of sp³-hybridized carbons (Fsp3) is 0.357. The van der Waals surface area contributed by atoms with Crippen LogP contribution in [0.5, 0.6) is 5.75 Å². The first-order valence-electron chi connectivity index (χ1n) is 6.64. The molecular weight excluding hydrogens is 274 g/mol. The molecule has 1 aromatic carbocycles. The quantitative estimate of drug-likeness (QED) is 0.478. The monoisotopic (exact) mass is 291 g/mol. The molecule has 21 heavy (non-hydrogen) atoms. The number of benzene rings is 1. The van der Waals surface area contributed by atoms with Crippen LogP contribution in [0.25, 0.3) is 11.3 Å². The van der Waals surface area contributed by atoms with Crippen molar-refractivity contribution in [3.05, 3.63) is 40.4 Å². The molecule has 0 fully saturated rings. The second-order valence-electron chi connectivity index (χ2n) is 4.36. The minimum Gasteiger partial charge on any atom is -0.496 e. The average Bonchev–Trinajstić information content (AvgIpc) is 2.95. The van der Waals surface area contributed by atoms with Crippen LogP contribution in [0.4, 0.5) is 5.69 Å². The fourth-order valence-corrected chi connectivity index (χ4v) is 1.92. The lowest BCUT2D eigenvalue weighted by molar-refractivity contribution is -0.384. The molecule has 1 N–H and O–H groups in total. The number of ether oxygens (including phenoxy) is 1. The standard InChI is InChI=1S/C14H17N3O4/c1-3-15-7-6-14-16-9-13(21-14)11-5-4-10(17(18)19)8-12(11)20-2/h4-5,8-9,15H,3,6-7H2,1-2H3. The van der Waals surface area contributed by atoms with Gasteiger partial charge in [-0.3, -0.25) is 10.1 Å². The highest BCUT2D eigenvalue weighted by atomic mass is 16.6. The first-order chi connectivity index (χ1) is 10.2. The van der Waals surface area contributed by atoms with Gasteiger partial charge in [-0.1, -0.05) is 6.92 Å². The molecule has 0 unspecified atom stereocenters. The summed E-state index contributed by atoms with van der Waals surface area (Å²) in [5, 5.41) is 14.0. The third-order valence-electron chi connectivity index (χ3n) is 2.98. The number of nitrogens with zero attached hydrogens (tertiary/aromatic N) is 2. The molecule has 0 radical (unpaired) electrons. The van der Waals surface area contributed by atoms with Crippen molar-refractivity contribution in [1.82, 2.24) is 10.3 Å². The summed E-state index contributed by atoms with van der Waals surface area (Å²) >= 11 is 0. The summed E-state index contributed by atoms with van der Waals surface area (Å²) in [5.74, 6) is 1.54. The zero-order valence-electron chi connectivity index (χ0n) is 12.0. The van der Waals surface area contributed by atoms with Crippen LogP contribution < -0.4 is 10.1 Å². The molecule has 2 rings (SSSR count). The van der Waals surface area contributed by atoms with E-state index in [-0.39, 0.29) is 5.69 Å². The third kappa shape index (κ3) is 3.57. The van der Waals surface area contributed by atoms with Gasteiger partial charge in [-0.05, 0) is 12.6 Å². The first kappa shape index (κ1) is 15.0. The Labute approximate surface area is 122 Å². The van der Waals surface area contributed by atoms with Crippen LogP contribution in [0.15, 0.2) is 28.8 Å². The molecule has 0 saturated heterocycles. The largest absolute Gasteiger partial charge is 0.496 e. The smallest absolute Gasteiger partial charge is 0.273 e. The summed E-state index contributed by atoms with van der Waals surface area (Å²) in [6, 6.07) is 4.39. The van der Waals surface area contributed by atoms with E-state index in [1.807, 2.05) is 6.92 Å². The molecule has 0 aliphatic rings. The predicted molar refractivity (Wildman–Crippen MR) is 77.4 cm³/mol. The summed E-state index contributed by atoms with van der Waals surface area (Å²) in [5.41, 5.74) is 0.618. The Morgan fingerprint density at radius 2 is 2.29 bits per heavy atom. The molecular formula is C14H17N3O4. The van der Waals surface area contributed by atoms with E-state index in [0.717, 1.165) is 13.1 Å². The molecule has 0 atom stereocenters. The van der Waals surface area contributed by atoms with Gasteiger partial charge in [-0.25, -0.2) is 4.98 Å². The summed E-state index contributed by atoms with van der Waals surface area (Å²) < 4.78 is 10.9. The average molecular weight is 291 g/mol. The van der Waals surface area contributed by atoms with E-state index >= 15 is 0 Å². The number of methoxy groups -OCH3 is 1. The van der Waals surface area contributed by atoms with Crippen LogP contribution in [-0.2, 0) is 6.42 Å². The Morgan fingerprint density at radius 3 is 2.95 bits per heavy atom. The number of likely N-dealkylation sites (N-methyl/N-ethyl adjacent to an activating group) is 1. The molecule has 0 bridgehead atoms. The molecule has 1 aromatic heterocycles. The van der Waals surface area contributed by atoms with Gasteiger partial charge in [0.05, 0.1) is 29.9 Å². The minimum atomic E-state index is -0.464. The highest BCUT2D eigenvalue weighted by Crippen LogP contribution is 2.33. The van der Waals surface area contributed by atoms with Gasteiger partial charge in [0.15, 0.2) is 11.7 Å². The van der Waals surface area contributed by atoms with E-state index in [4.69, 9.17) is 9.15 Å². The molecule has 7 heteroatoms. The van der Waals surface area contributed by atoms with Crippen molar-refractivity contribution in [3.63, 3.8) is 0 Å². The summed E-state index contributed by atoms with van der Waals surface area (Å²) in [6.07, 6.45) is 2.29. The van der Waals surface area contributed by atoms with E-state index in [9.17, 15) is 10.1 Å². The van der Waals surface area contributed by atoms with Crippen LogP contribution in [0.3, 0.4) is 0 Å². The SMILES string of the molecule is CCNCCc1ncc(-c2ccc([N+](=O)[O-])cc2OC)o1. The normalized spacial score (nSPS) is 10.6. The summed E-state index contributed by atoms with van der Waals surface area (Å²) in [6.45, 7) is 3.71. The van der Waals surface area contributed by atoms with Gasteiger partial charge in [0, 0.05) is 19.0 Å². The van der Waals surface area contributed by atoms with Crippen molar-refractivity contribution < 1.29 is 14.1 Å². The van der Waals surface area contributed by atoms with Crippen LogP contribution in [-0.4, -0.2) is 30.1 Å². The number of nitro groups is 1. The lowest BCUT2D eigenvalue weighted by Gasteiger charge is -2.05. The van der Waals surface area contributed by atoms with Gasteiger partial charge in [0.25, 0.3) is 5.69 Å². The molecule has 1 heterocycles. The fourth-order valence-electron chi connectivity index (χ4n) is 1.92. The first-order valence-corrected chi connectivity index (χ1v) is 6.64. The number of nitrogens with one attached hydrogen (secondary N) is 1. The Hall–Kier alpha value is -2.41. The van der Waals surface area contributed by atoms with Gasteiger partial charge in [-0.15, -0.1) is 0 Å². The molecule has 7 nitrogen and oxygen atoms in total. The second-order valence-corrected chi connectivity index (χ2v) is 4.36. The number of hydrogen-bond donors (Lipinski definition) is 1. The molecule has 0 aliphatic carbocycles. The van der Waals surface area contributed by atoms with Crippen LogP contribution in [0, 0.1) is 10.1 Å². The Morgan fingerprint density at radius 1 is 1.48 bits per heavy atom. The second kappa shape index (κ2) is 6.85. The molecule has 0 saturated carbocycles. The van der Waals surface area contributed by atoms with Crippen molar-refractivity contribution in [2.45, 2.75) is 13.3 Å². The van der Waals surface area contributed by atoms with Gasteiger partial charge >= 0.3 is 0 Å². The van der Waals surface area contributed by atoms with Gasteiger partial charge in [0.2, 0.25) is 0 Å². The lowest BCUT2D eigenvalue weighted by atomic mass is 10.1. The third-order valence-corrected chi connectivity index (χ3v) is 2.98. The number of rotatable bonds is 7. The van der Waals surface area contributed by atoms with E-state index in [0.29, 0.717) is 29.4 Å². The van der Waals surface area contributed by atoms with Crippen molar-refractivity contribution >= 4 is 5.69 Å². The topological polar surface area (TPSA) is 90.4 Å². The number of aromatic nitrogens is 1. The van der Waals surface area contributed by atoms with Crippen LogP contribution in [0.2, 0.25) is 0 Å². The Kier molecular flexibility index (Phi) is 4.89. The molecule has 2 aromatic rings. The van der Waals surface area contributed by atoms with Gasteiger partial charge in [-0.2, -0.15) is 0 Å². The maximum Gasteiger partial charge on any atom is 0.273 e. The number of non-ortho nitro benzene ring substituents is 1. The summed E-state index contributed by atoms with van der Waals surface area (Å²) in [4.78, 5) is 14.5. The zero-order valence-corrected chi connectivity index (χ0v) is 12.0. The van der Waals surface area contributed by atoms with Crippen molar-refractivity contribution in [3.8, 4) is 17.1 Å².